The van der Waals surface area contributed by atoms with Crippen molar-refractivity contribution in [2.24, 2.45) is 7.05 Å². The lowest BCUT2D eigenvalue weighted by Crippen LogP contribution is -1.96. The summed E-state index contributed by atoms with van der Waals surface area (Å²) < 4.78 is 1.87. The molecule has 0 unspecified atom stereocenters. The van der Waals surface area contributed by atoms with E-state index >= 15 is 0 Å². The molecule has 2 aromatic rings. The maximum Gasteiger partial charge on any atom is 0.144 e. The standard InChI is InChI=1S/C10H12ClN3/c1-6(2)9-7-4-8(11)14(3)10(7)13-5-12-9/h4-6H,1-3H3. The molecule has 0 aliphatic carbocycles. The van der Waals surface area contributed by atoms with Gasteiger partial charge in [-0.3, -0.25) is 0 Å². The van der Waals surface area contributed by atoms with Crippen LogP contribution in [0.1, 0.15) is 25.5 Å². The van der Waals surface area contributed by atoms with Gasteiger partial charge in [-0.2, -0.15) is 0 Å². The number of fused-ring (bicyclic) bond motifs is 1. The third kappa shape index (κ3) is 1.28. The molecule has 0 spiro atoms. The van der Waals surface area contributed by atoms with Crippen molar-refractivity contribution >= 4 is 22.6 Å². The molecule has 0 aromatic carbocycles. The molecule has 2 rings (SSSR count). The van der Waals surface area contributed by atoms with Gasteiger partial charge in [-0.15, -0.1) is 0 Å². The van der Waals surface area contributed by atoms with Crippen molar-refractivity contribution in [3.05, 3.63) is 23.2 Å². The Balaban J connectivity index is 2.81. The van der Waals surface area contributed by atoms with Gasteiger partial charge in [0.1, 0.15) is 17.1 Å². The van der Waals surface area contributed by atoms with Gasteiger partial charge in [-0.1, -0.05) is 25.4 Å². The Morgan fingerprint density at radius 2 is 2.07 bits per heavy atom. The van der Waals surface area contributed by atoms with Crippen LogP contribution in [0.2, 0.25) is 5.15 Å². The monoisotopic (exact) mass is 209 g/mol. The molecule has 4 heteroatoms. The van der Waals surface area contributed by atoms with Gasteiger partial charge in [0.2, 0.25) is 0 Å². The van der Waals surface area contributed by atoms with E-state index in [9.17, 15) is 0 Å². The van der Waals surface area contributed by atoms with Crippen LogP contribution in [0.15, 0.2) is 12.4 Å². The van der Waals surface area contributed by atoms with Crippen LogP contribution in [0.5, 0.6) is 0 Å². The van der Waals surface area contributed by atoms with Gasteiger partial charge < -0.3 is 4.57 Å². The van der Waals surface area contributed by atoms with Crippen LogP contribution in [0.3, 0.4) is 0 Å². The van der Waals surface area contributed by atoms with E-state index in [0.29, 0.717) is 11.1 Å². The molecule has 0 aliphatic rings. The van der Waals surface area contributed by atoms with Crippen molar-refractivity contribution in [2.45, 2.75) is 19.8 Å². The third-order valence-corrected chi connectivity index (χ3v) is 2.70. The van der Waals surface area contributed by atoms with E-state index in [4.69, 9.17) is 11.6 Å². The second kappa shape index (κ2) is 3.24. The van der Waals surface area contributed by atoms with Crippen LogP contribution in [0, 0.1) is 0 Å². The van der Waals surface area contributed by atoms with Crippen LogP contribution < -0.4 is 0 Å². The van der Waals surface area contributed by atoms with Gasteiger partial charge in [0.15, 0.2) is 0 Å². The largest absolute Gasteiger partial charge is 0.319 e. The Morgan fingerprint density at radius 1 is 1.36 bits per heavy atom. The highest BCUT2D eigenvalue weighted by Crippen LogP contribution is 2.26. The van der Waals surface area contributed by atoms with E-state index in [2.05, 4.69) is 23.8 Å². The first-order valence-electron chi connectivity index (χ1n) is 4.57. The van der Waals surface area contributed by atoms with Crippen LogP contribution in [-0.2, 0) is 7.05 Å². The maximum absolute atomic E-state index is 6.02. The number of aryl methyl sites for hydroxylation is 1. The fraction of sp³-hybridized carbons (Fsp3) is 0.400. The van der Waals surface area contributed by atoms with Crippen molar-refractivity contribution in [2.75, 3.05) is 0 Å². The summed E-state index contributed by atoms with van der Waals surface area (Å²) in [7, 11) is 1.90. The van der Waals surface area contributed by atoms with Crippen LogP contribution in [-0.4, -0.2) is 14.5 Å². The molecular formula is C10H12ClN3. The highest BCUT2D eigenvalue weighted by Gasteiger charge is 2.11. The number of hydrogen-bond acceptors (Lipinski definition) is 2. The molecule has 0 aliphatic heterocycles. The Kier molecular flexibility index (Phi) is 2.19. The zero-order valence-corrected chi connectivity index (χ0v) is 9.21. The van der Waals surface area contributed by atoms with E-state index in [0.717, 1.165) is 16.7 Å². The fourth-order valence-electron chi connectivity index (χ4n) is 1.58. The number of rotatable bonds is 1. The molecule has 0 N–H and O–H groups in total. The van der Waals surface area contributed by atoms with E-state index in [1.54, 1.807) is 6.33 Å². The lowest BCUT2D eigenvalue weighted by atomic mass is 10.1. The Labute approximate surface area is 87.7 Å². The lowest BCUT2D eigenvalue weighted by molar-refractivity contribution is 0.825. The molecule has 0 saturated carbocycles. The first-order valence-corrected chi connectivity index (χ1v) is 4.95. The Morgan fingerprint density at radius 3 is 2.71 bits per heavy atom. The molecule has 14 heavy (non-hydrogen) atoms. The second-order valence-corrected chi connectivity index (χ2v) is 4.06. The Bertz CT molecular complexity index is 473. The summed E-state index contributed by atoms with van der Waals surface area (Å²) in [6.07, 6.45) is 1.59. The van der Waals surface area contributed by atoms with Crippen LogP contribution in [0.25, 0.3) is 11.0 Å². The highest BCUT2D eigenvalue weighted by atomic mass is 35.5. The minimum absolute atomic E-state index is 0.388. The van der Waals surface area contributed by atoms with Gasteiger partial charge >= 0.3 is 0 Å². The Hall–Kier alpha value is -1.09. The second-order valence-electron chi connectivity index (χ2n) is 3.68. The molecule has 0 atom stereocenters. The van der Waals surface area contributed by atoms with Gasteiger partial charge in [0, 0.05) is 12.4 Å². The molecule has 0 fully saturated rings. The third-order valence-electron chi connectivity index (χ3n) is 2.34. The van der Waals surface area contributed by atoms with E-state index in [-0.39, 0.29) is 0 Å². The van der Waals surface area contributed by atoms with Gasteiger partial charge in [-0.05, 0) is 12.0 Å². The summed E-state index contributed by atoms with van der Waals surface area (Å²) in [5.74, 6) is 0.388. The first kappa shape index (κ1) is 9.46. The molecule has 2 aromatic heterocycles. The average Bonchev–Trinajstić information content (AvgIpc) is 2.43. The summed E-state index contributed by atoms with van der Waals surface area (Å²) in [4.78, 5) is 8.49. The normalized spacial score (nSPS) is 11.5. The smallest absolute Gasteiger partial charge is 0.144 e. The van der Waals surface area contributed by atoms with Gasteiger partial charge in [0.25, 0.3) is 0 Å². The molecule has 2 heterocycles. The molecule has 0 amide bonds. The average molecular weight is 210 g/mol. The maximum atomic E-state index is 6.02. The van der Waals surface area contributed by atoms with Gasteiger partial charge in [-0.25, -0.2) is 9.97 Å². The summed E-state index contributed by atoms with van der Waals surface area (Å²) in [6, 6.07) is 1.92. The fourth-order valence-corrected chi connectivity index (χ4v) is 1.77. The van der Waals surface area contributed by atoms with Crippen molar-refractivity contribution in [1.82, 2.24) is 14.5 Å². The SMILES string of the molecule is CC(C)c1ncnc2c1cc(Cl)n2C. The number of nitrogens with zero attached hydrogens (tertiary/aromatic N) is 3. The van der Waals surface area contributed by atoms with Crippen LogP contribution in [0.4, 0.5) is 0 Å². The summed E-state index contributed by atoms with van der Waals surface area (Å²) in [5.41, 5.74) is 1.95. The zero-order chi connectivity index (χ0) is 10.3. The quantitative estimate of drug-likeness (QED) is 0.723. The van der Waals surface area contributed by atoms with Crippen molar-refractivity contribution in [3.63, 3.8) is 0 Å². The number of halogens is 1. The van der Waals surface area contributed by atoms with Crippen molar-refractivity contribution in [3.8, 4) is 0 Å². The summed E-state index contributed by atoms with van der Waals surface area (Å²) in [5, 5.41) is 1.75. The van der Waals surface area contributed by atoms with E-state index in [1.165, 1.54) is 0 Å². The molecule has 0 bridgehead atoms. The summed E-state index contributed by atoms with van der Waals surface area (Å²) >= 11 is 6.02. The molecule has 3 nitrogen and oxygen atoms in total. The first-order chi connectivity index (χ1) is 6.61. The number of hydrogen-bond donors (Lipinski definition) is 0. The van der Waals surface area contributed by atoms with Crippen molar-refractivity contribution in [1.29, 1.82) is 0 Å². The minimum Gasteiger partial charge on any atom is -0.319 e. The molecule has 74 valence electrons. The van der Waals surface area contributed by atoms with Gasteiger partial charge in [0.05, 0.1) is 5.69 Å². The zero-order valence-electron chi connectivity index (χ0n) is 8.45. The molecule has 0 saturated heterocycles. The molecular weight excluding hydrogens is 198 g/mol. The summed E-state index contributed by atoms with van der Waals surface area (Å²) in [6.45, 7) is 4.23. The lowest BCUT2D eigenvalue weighted by Gasteiger charge is -2.04. The number of aromatic nitrogens is 3. The predicted molar refractivity (Wildman–Crippen MR) is 57.6 cm³/mol. The van der Waals surface area contributed by atoms with Crippen molar-refractivity contribution < 1.29 is 0 Å². The predicted octanol–water partition coefficient (Wildman–Crippen LogP) is 2.75. The molecule has 0 radical (unpaired) electrons. The van der Waals surface area contributed by atoms with Crippen LogP contribution >= 0.6 is 11.6 Å². The topological polar surface area (TPSA) is 30.7 Å². The van der Waals surface area contributed by atoms with E-state index in [1.807, 2.05) is 17.7 Å². The highest BCUT2D eigenvalue weighted by molar-refractivity contribution is 6.30. The van der Waals surface area contributed by atoms with E-state index < -0.39 is 0 Å². The minimum atomic E-state index is 0.388.